The van der Waals surface area contributed by atoms with Gasteiger partial charge in [-0.1, -0.05) is 60.4 Å². The van der Waals surface area contributed by atoms with Gasteiger partial charge in [-0.15, -0.1) is 0 Å². The lowest BCUT2D eigenvalue weighted by Crippen LogP contribution is -2.45. The average molecular weight is 377 g/mol. The van der Waals surface area contributed by atoms with Crippen molar-refractivity contribution in [2.45, 2.75) is 19.4 Å². The summed E-state index contributed by atoms with van der Waals surface area (Å²) >= 11 is 6.04. The molecule has 2 rings (SSSR count). The van der Waals surface area contributed by atoms with Crippen LogP contribution in [0.5, 0.6) is 0 Å². The molecule has 6 nitrogen and oxygen atoms in total. The Labute approximate surface area is 153 Å². The van der Waals surface area contributed by atoms with Crippen LogP contribution in [0.4, 0.5) is 0 Å². The predicted molar refractivity (Wildman–Crippen MR) is 98.9 cm³/mol. The molecule has 0 spiro atoms. The van der Waals surface area contributed by atoms with Crippen molar-refractivity contribution >= 4 is 52.2 Å². The van der Waals surface area contributed by atoms with Crippen LogP contribution in [0.1, 0.15) is 18.9 Å². The molecule has 0 bridgehead atoms. The van der Waals surface area contributed by atoms with Gasteiger partial charge in [0.05, 0.1) is 11.3 Å². The number of carboxylic acids is 2. The summed E-state index contributed by atoms with van der Waals surface area (Å²) in [4.78, 5) is 35.8. The monoisotopic (exact) mass is 377 g/mol. The highest BCUT2D eigenvalue weighted by Gasteiger charge is 2.41. The van der Waals surface area contributed by atoms with E-state index in [4.69, 9.17) is 17.3 Å². The Morgan fingerprint density at radius 3 is 2.48 bits per heavy atom. The molecule has 1 unspecified atom stereocenters. The number of amides is 1. The van der Waals surface area contributed by atoms with Gasteiger partial charge in [-0.2, -0.15) is 0 Å². The fourth-order valence-corrected chi connectivity index (χ4v) is 3.67. The van der Waals surface area contributed by atoms with Gasteiger partial charge in [0.25, 0.3) is 5.91 Å². The van der Waals surface area contributed by atoms with Crippen molar-refractivity contribution in [3.05, 3.63) is 52.4 Å². The molecule has 0 saturated carbocycles. The van der Waals surface area contributed by atoms with Gasteiger partial charge in [0.1, 0.15) is 10.4 Å². The second-order valence-corrected chi connectivity index (χ2v) is 6.98. The summed E-state index contributed by atoms with van der Waals surface area (Å²) in [5.41, 5.74) is 1.75. The van der Waals surface area contributed by atoms with Gasteiger partial charge in [-0.3, -0.25) is 14.5 Å². The second kappa shape index (κ2) is 8.09. The molecule has 0 aromatic heterocycles. The number of rotatable bonds is 6. The van der Waals surface area contributed by atoms with E-state index >= 15 is 0 Å². The van der Waals surface area contributed by atoms with Crippen LogP contribution in [-0.4, -0.2) is 43.3 Å². The number of hydrogen-bond acceptors (Lipinski definition) is 5. The van der Waals surface area contributed by atoms with Crippen LogP contribution in [0.2, 0.25) is 0 Å². The van der Waals surface area contributed by atoms with Crippen LogP contribution < -0.4 is 0 Å². The number of thioether (sulfide) groups is 1. The molecule has 1 atom stereocenters. The first-order valence-electron chi connectivity index (χ1n) is 7.24. The highest BCUT2D eigenvalue weighted by Crippen LogP contribution is 2.34. The van der Waals surface area contributed by atoms with Gasteiger partial charge in [0.2, 0.25) is 0 Å². The molecule has 1 saturated heterocycles. The molecule has 1 aromatic carbocycles. The highest BCUT2D eigenvalue weighted by atomic mass is 32.2. The quantitative estimate of drug-likeness (QED) is 0.581. The van der Waals surface area contributed by atoms with Crippen LogP contribution in [0.15, 0.2) is 46.9 Å². The molecule has 25 heavy (non-hydrogen) atoms. The largest absolute Gasteiger partial charge is 0.481 e. The normalized spacial score (nSPS) is 17.9. The molecule has 1 aliphatic heterocycles. The minimum atomic E-state index is -1.52. The van der Waals surface area contributed by atoms with Crippen LogP contribution >= 0.6 is 24.0 Å². The Kier molecular flexibility index (Phi) is 6.11. The summed E-state index contributed by atoms with van der Waals surface area (Å²) in [6, 6.07) is 7.98. The van der Waals surface area contributed by atoms with E-state index in [1.54, 1.807) is 6.08 Å². The van der Waals surface area contributed by atoms with Crippen molar-refractivity contribution in [1.29, 1.82) is 0 Å². The Hall–Kier alpha value is -2.45. The maximum absolute atomic E-state index is 12.5. The van der Waals surface area contributed by atoms with E-state index in [0.29, 0.717) is 0 Å². The fraction of sp³-hybridized carbons (Fsp3) is 0.176. The van der Waals surface area contributed by atoms with Gasteiger partial charge < -0.3 is 10.2 Å². The molecule has 1 aliphatic rings. The van der Waals surface area contributed by atoms with E-state index in [1.165, 1.54) is 0 Å². The van der Waals surface area contributed by atoms with Gasteiger partial charge in [-0.05, 0) is 24.1 Å². The summed E-state index contributed by atoms with van der Waals surface area (Å²) in [5.74, 6) is -3.31. The number of thiocarbonyl (C=S) groups is 1. The third kappa shape index (κ3) is 4.77. The van der Waals surface area contributed by atoms with Crippen LogP contribution in [-0.2, 0) is 14.4 Å². The van der Waals surface area contributed by atoms with Gasteiger partial charge in [-0.25, -0.2) is 4.79 Å². The molecule has 1 aromatic rings. The fourth-order valence-electron chi connectivity index (χ4n) is 2.26. The van der Waals surface area contributed by atoms with E-state index in [1.807, 2.05) is 43.3 Å². The number of benzene rings is 1. The van der Waals surface area contributed by atoms with E-state index in [9.17, 15) is 19.5 Å². The number of nitrogens with zero attached hydrogens (tertiary/aromatic N) is 1. The maximum atomic E-state index is 12.5. The lowest BCUT2D eigenvalue weighted by atomic mass is 10.1. The van der Waals surface area contributed by atoms with Crippen molar-refractivity contribution in [1.82, 2.24) is 4.90 Å². The topological polar surface area (TPSA) is 94.9 Å². The third-order valence-corrected chi connectivity index (χ3v) is 4.67. The molecular formula is C17H15NO5S2. The first kappa shape index (κ1) is 18.9. The first-order valence-corrected chi connectivity index (χ1v) is 8.47. The Balaban J connectivity index is 2.26. The smallest absolute Gasteiger partial charge is 0.327 e. The van der Waals surface area contributed by atoms with Gasteiger partial charge in [0, 0.05) is 0 Å². The van der Waals surface area contributed by atoms with E-state index in [-0.39, 0.29) is 9.23 Å². The zero-order valence-corrected chi connectivity index (χ0v) is 14.8. The van der Waals surface area contributed by atoms with E-state index in [0.717, 1.165) is 27.8 Å². The molecule has 8 heteroatoms. The van der Waals surface area contributed by atoms with Crippen molar-refractivity contribution in [3.8, 4) is 0 Å². The van der Waals surface area contributed by atoms with Crippen molar-refractivity contribution in [2.75, 3.05) is 0 Å². The lowest BCUT2D eigenvalue weighted by molar-refractivity contribution is -0.150. The molecule has 2 N–H and O–H groups in total. The Bertz CT molecular complexity index is 785. The second-order valence-electron chi connectivity index (χ2n) is 5.30. The summed E-state index contributed by atoms with van der Waals surface area (Å²) < 4.78 is 0.0393. The summed E-state index contributed by atoms with van der Waals surface area (Å²) in [6.07, 6.45) is 2.78. The van der Waals surface area contributed by atoms with Crippen LogP contribution in [0.25, 0.3) is 6.08 Å². The number of carbonyl (C=O) groups is 3. The molecule has 130 valence electrons. The predicted octanol–water partition coefficient (Wildman–Crippen LogP) is 2.76. The summed E-state index contributed by atoms with van der Waals surface area (Å²) in [6.45, 7) is 1.81. The average Bonchev–Trinajstić information content (AvgIpc) is 2.79. The molecule has 1 amide bonds. The number of hydrogen-bond donors (Lipinski definition) is 2. The zero-order chi connectivity index (χ0) is 18.6. The van der Waals surface area contributed by atoms with E-state index < -0.39 is 30.3 Å². The lowest BCUT2D eigenvalue weighted by Gasteiger charge is -2.21. The Morgan fingerprint density at radius 2 is 1.92 bits per heavy atom. The minimum absolute atomic E-state index is 0.0393. The molecule has 1 fully saturated rings. The van der Waals surface area contributed by atoms with Crippen molar-refractivity contribution < 1.29 is 24.6 Å². The van der Waals surface area contributed by atoms with Gasteiger partial charge >= 0.3 is 11.9 Å². The number of allylic oxidation sites excluding steroid dienone is 2. The first-order chi connectivity index (χ1) is 11.8. The molecule has 1 heterocycles. The maximum Gasteiger partial charge on any atom is 0.327 e. The third-order valence-electron chi connectivity index (χ3n) is 3.34. The number of carboxylic acid groups (broad SMARTS) is 2. The number of carbonyl (C=O) groups excluding carboxylic acids is 1. The summed E-state index contributed by atoms with van der Waals surface area (Å²) in [5, 5.41) is 18.1. The molecule has 0 aliphatic carbocycles. The van der Waals surface area contributed by atoms with Crippen molar-refractivity contribution in [2.24, 2.45) is 0 Å². The van der Waals surface area contributed by atoms with Crippen molar-refractivity contribution in [3.63, 3.8) is 0 Å². The number of aliphatic carboxylic acids is 2. The van der Waals surface area contributed by atoms with Crippen LogP contribution in [0.3, 0.4) is 0 Å². The van der Waals surface area contributed by atoms with Crippen LogP contribution in [0, 0.1) is 0 Å². The molecule has 0 radical (unpaired) electrons. The zero-order valence-electron chi connectivity index (χ0n) is 13.2. The highest BCUT2D eigenvalue weighted by molar-refractivity contribution is 8.26. The standard InChI is InChI=1S/C17H15NO5S2/c1-10(7-11-5-3-2-4-6-11)8-13-15(21)18(17(24)25-13)12(16(22)23)9-14(19)20/h2-8,12H,9H2,1H3,(H,19,20)(H,22,23)/b10-7+,13-8+. The Morgan fingerprint density at radius 1 is 1.28 bits per heavy atom. The molecular weight excluding hydrogens is 362 g/mol. The SMILES string of the molecule is CC(=C\c1ccccc1)/C=C1/SC(=S)N(C(CC(=O)O)C(=O)O)C1=O. The summed E-state index contributed by atoms with van der Waals surface area (Å²) in [7, 11) is 0. The van der Waals surface area contributed by atoms with E-state index in [2.05, 4.69) is 0 Å². The van der Waals surface area contributed by atoms with Gasteiger partial charge in [0.15, 0.2) is 0 Å². The minimum Gasteiger partial charge on any atom is -0.481 e.